The van der Waals surface area contributed by atoms with Crippen molar-refractivity contribution >= 4 is 15.7 Å². The van der Waals surface area contributed by atoms with Gasteiger partial charge in [0, 0.05) is 6.54 Å². The molecule has 0 amide bonds. The quantitative estimate of drug-likeness (QED) is 0.839. The van der Waals surface area contributed by atoms with Crippen LogP contribution in [0.25, 0.3) is 0 Å². The molecule has 0 bridgehead atoms. The number of nitrogens with zero attached hydrogens (tertiary/aromatic N) is 2. The fraction of sp³-hybridized carbons (Fsp3) is 0.308. The Balaban J connectivity index is 2.40. The molecule has 1 aromatic carbocycles. The van der Waals surface area contributed by atoms with Crippen molar-refractivity contribution in [2.75, 3.05) is 17.4 Å². The van der Waals surface area contributed by atoms with Crippen LogP contribution in [0.2, 0.25) is 0 Å². The minimum absolute atomic E-state index is 0.0788. The first-order valence-electron chi connectivity index (χ1n) is 6.34. The second-order valence-corrected chi connectivity index (χ2v) is 6.31. The second kappa shape index (κ2) is 6.06. The van der Waals surface area contributed by atoms with Crippen LogP contribution in [0.4, 0.5) is 5.69 Å². The van der Waals surface area contributed by atoms with Crippen molar-refractivity contribution < 1.29 is 8.42 Å². The smallest absolute Gasteiger partial charge is 0.281 e. The summed E-state index contributed by atoms with van der Waals surface area (Å²) >= 11 is 0. The minimum Gasteiger partial charge on any atom is -0.330 e. The highest BCUT2D eigenvalue weighted by atomic mass is 32.2. The molecular formula is C13H18N4O2S. The maximum atomic E-state index is 12.6. The van der Waals surface area contributed by atoms with E-state index in [0.717, 1.165) is 5.56 Å². The summed E-state index contributed by atoms with van der Waals surface area (Å²) in [5.41, 5.74) is 7.20. The highest BCUT2D eigenvalue weighted by molar-refractivity contribution is 7.92. The standard InChI is InChI=1S/C13H18N4O2S/c1-11-3-5-12(6-4-11)17(10-2-8-14)20(18,19)13-7-9-15-16-13/h3-7,9H,2,8,10,14H2,1H3,(H,15,16). The number of H-pyrrole nitrogens is 1. The molecule has 0 spiro atoms. The van der Waals surface area contributed by atoms with E-state index in [1.54, 1.807) is 12.1 Å². The summed E-state index contributed by atoms with van der Waals surface area (Å²) in [4.78, 5) is 0. The summed E-state index contributed by atoms with van der Waals surface area (Å²) in [6.07, 6.45) is 2.00. The van der Waals surface area contributed by atoms with E-state index in [-0.39, 0.29) is 5.03 Å². The Morgan fingerprint density at radius 2 is 1.95 bits per heavy atom. The minimum atomic E-state index is -3.64. The lowest BCUT2D eigenvalue weighted by Crippen LogP contribution is -2.33. The molecule has 0 saturated heterocycles. The fourth-order valence-corrected chi connectivity index (χ4v) is 3.25. The van der Waals surface area contributed by atoms with Gasteiger partial charge in [-0.1, -0.05) is 17.7 Å². The van der Waals surface area contributed by atoms with Crippen molar-refractivity contribution in [3.05, 3.63) is 42.1 Å². The molecule has 0 aliphatic heterocycles. The van der Waals surface area contributed by atoms with Gasteiger partial charge >= 0.3 is 0 Å². The largest absolute Gasteiger partial charge is 0.330 e. The van der Waals surface area contributed by atoms with Gasteiger partial charge in [0.25, 0.3) is 10.0 Å². The maximum absolute atomic E-state index is 12.6. The first-order valence-corrected chi connectivity index (χ1v) is 7.78. The summed E-state index contributed by atoms with van der Waals surface area (Å²) in [5, 5.41) is 6.29. The van der Waals surface area contributed by atoms with Gasteiger partial charge < -0.3 is 5.73 Å². The number of aromatic amines is 1. The molecule has 7 heteroatoms. The molecule has 0 aliphatic carbocycles. The maximum Gasteiger partial charge on any atom is 0.281 e. The second-order valence-electron chi connectivity index (χ2n) is 4.48. The molecule has 2 rings (SSSR count). The van der Waals surface area contributed by atoms with E-state index in [9.17, 15) is 8.42 Å². The number of nitrogens with one attached hydrogen (secondary N) is 1. The molecule has 0 aliphatic rings. The van der Waals surface area contributed by atoms with Crippen LogP contribution in [0, 0.1) is 6.92 Å². The lowest BCUT2D eigenvalue weighted by atomic mass is 10.2. The van der Waals surface area contributed by atoms with E-state index in [0.29, 0.717) is 25.2 Å². The van der Waals surface area contributed by atoms with Gasteiger partial charge in [0.15, 0.2) is 5.03 Å². The van der Waals surface area contributed by atoms with Crippen LogP contribution in [0.1, 0.15) is 12.0 Å². The Labute approximate surface area is 118 Å². The zero-order valence-corrected chi connectivity index (χ0v) is 12.1. The highest BCUT2D eigenvalue weighted by Crippen LogP contribution is 2.23. The Morgan fingerprint density at radius 3 is 2.50 bits per heavy atom. The van der Waals surface area contributed by atoms with E-state index in [2.05, 4.69) is 10.2 Å². The number of nitrogens with two attached hydrogens (primary N) is 1. The van der Waals surface area contributed by atoms with Gasteiger partial charge in [-0.15, -0.1) is 0 Å². The molecule has 0 atom stereocenters. The van der Waals surface area contributed by atoms with E-state index in [1.165, 1.54) is 16.6 Å². The normalized spacial score (nSPS) is 11.5. The third-order valence-electron chi connectivity index (χ3n) is 2.93. The van der Waals surface area contributed by atoms with E-state index in [1.807, 2.05) is 19.1 Å². The predicted molar refractivity (Wildman–Crippen MR) is 78.0 cm³/mol. The fourth-order valence-electron chi connectivity index (χ4n) is 1.84. The molecule has 108 valence electrons. The molecule has 0 radical (unpaired) electrons. The van der Waals surface area contributed by atoms with Crippen LogP contribution in [0.15, 0.2) is 41.6 Å². The van der Waals surface area contributed by atoms with E-state index < -0.39 is 10.0 Å². The van der Waals surface area contributed by atoms with Crippen molar-refractivity contribution in [1.29, 1.82) is 0 Å². The van der Waals surface area contributed by atoms with Crippen LogP contribution >= 0.6 is 0 Å². The van der Waals surface area contributed by atoms with Crippen LogP contribution < -0.4 is 10.0 Å². The van der Waals surface area contributed by atoms with Crippen LogP contribution in [-0.2, 0) is 10.0 Å². The van der Waals surface area contributed by atoms with E-state index in [4.69, 9.17) is 5.73 Å². The highest BCUT2D eigenvalue weighted by Gasteiger charge is 2.25. The molecule has 20 heavy (non-hydrogen) atoms. The molecule has 3 N–H and O–H groups in total. The molecule has 0 fully saturated rings. The van der Waals surface area contributed by atoms with Gasteiger partial charge in [-0.3, -0.25) is 9.40 Å². The molecule has 1 aromatic heterocycles. The van der Waals surface area contributed by atoms with Gasteiger partial charge in [-0.2, -0.15) is 13.5 Å². The molecule has 0 saturated carbocycles. The number of benzene rings is 1. The SMILES string of the molecule is Cc1ccc(N(CCCN)S(=O)(=O)c2ccn[nH]2)cc1. The predicted octanol–water partition coefficient (Wildman–Crippen LogP) is 1.26. The lowest BCUT2D eigenvalue weighted by molar-refractivity contribution is 0.585. The number of hydrogen-bond acceptors (Lipinski definition) is 4. The third-order valence-corrected chi connectivity index (χ3v) is 4.69. The van der Waals surface area contributed by atoms with Crippen molar-refractivity contribution in [3.63, 3.8) is 0 Å². The van der Waals surface area contributed by atoms with Crippen LogP contribution in [0.3, 0.4) is 0 Å². The van der Waals surface area contributed by atoms with Crippen molar-refractivity contribution in [2.45, 2.75) is 18.4 Å². The average molecular weight is 294 g/mol. The van der Waals surface area contributed by atoms with Gasteiger partial charge in [0.2, 0.25) is 0 Å². The lowest BCUT2D eigenvalue weighted by Gasteiger charge is -2.23. The summed E-state index contributed by atoms with van der Waals surface area (Å²) in [7, 11) is -3.64. The van der Waals surface area contributed by atoms with Crippen molar-refractivity contribution in [1.82, 2.24) is 10.2 Å². The van der Waals surface area contributed by atoms with Gasteiger partial charge in [0.1, 0.15) is 0 Å². The van der Waals surface area contributed by atoms with Gasteiger partial charge in [-0.25, -0.2) is 0 Å². The number of hydrogen-bond donors (Lipinski definition) is 2. The summed E-state index contributed by atoms with van der Waals surface area (Å²) < 4.78 is 26.6. The number of aromatic nitrogens is 2. The first kappa shape index (κ1) is 14.5. The zero-order valence-electron chi connectivity index (χ0n) is 11.3. The average Bonchev–Trinajstić information content (AvgIpc) is 2.96. The molecule has 1 heterocycles. The third kappa shape index (κ3) is 3.00. The Morgan fingerprint density at radius 1 is 1.25 bits per heavy atom. The number of aryl methyl sites for hydroxylation is 1. The monoisotopic (exact) mass is 294 g/mol. The zero-order chi connectivity index (χ0) is 14.6. The topological polar surface area (TPSA) is 92.1 Å². The molecular weight excluding hydrogens is 276 g/mol. The van der Waals surface area contributed by atoms with Gasteiger partial charge in [-0.05, 0) is 38.1 Å². The molecule has 0 unspecified atom stereocenters. The number of rotatable bonds is 6. The summed E-state index contributed by atoms with van der Waals surface area (Å²) in [6.45, 7) is 2.72. The number of anilines is 1. The van der Waals surface area contributed by atoms with Crippen LogP contribution in [0.5, 0.6) is 0 Å². The van der Waals surface area contributed by atoms with Crippen molar-refractivity contribution in [3.8, 4) is 0 Å². The van der Waals surface area contributed by atoms with Crippen molar-refractivity contribution in [2.24, 2.45) is 5.73 Å². The Kier molecular flexibility index (Phi) is 4.41. The Bertz CT molecular complexity index is 636. The molecule has 2 aromatic rings. The first-order chi connectivity index (χ1) is 9.55. The van der Waals surface area contributed by atoms with Gasteiger partial charge in [0.05, 0.1) is 11.9 Å². The summed E-state index contributed by atoms with van der Waals surface area (Å²) in [5.74, 6) is 0. The van der Waals surface area contributed by atoms with E-state index >= 15 is 0 Å². The summed E-state index contributed by atoms with van der Waals surface area (Å²) in [6, 6.07) is 8.79. The number of sulfonamides is 1. The molecule has 6 nitrogen and oxygen atoms in total. The van der Waals surface area contributed by atoms with Crippen LogP contribution in [-0.4, -0.2) is 31.7 Å². The Hall–Kier alpha value is -1.86.